The summed E-state index contributed by atoms with van der Waals surface area (Å²) in [7, 11) is 0. The van der Waals surface area contributed by atoms with Crippen molar-refractivity contribution in [2.45, 2.75) is 13.5 Å². The van der Waals surface area contributed by atoms with Crippen LogP contribution in [0.5, 0.6) is 0 Å². The highest BCUT2D eigenvalue weighted by Gasteiger charge is 2.41. The minimum absolute atomic E-state index is 0.0758. The Morgan fingerprint density at radius 1 is 1.12 bits per heavy atom. The number of fused-ring (bicyclic) bond motifs is 1. The van der Waals surface area contributed by atoms with E-state index in [-0.39, 0.29) is 5.91 Å². The lowest BCUT2D eigenvalue weighted by molar-refractivity contribution is 0.0767. The molecule has 0 N–H and O–H groups in total. The molecule has 0 unspecified atom stereocenters. The molecule has 2 aromatic rings. The SMILES string of the molecule is Cc1cccc(C(=O)N2C[C@H]3CN(Cc4cccnc4)C[C@H]3C2)n1. The highest BCUT2D eigenvalue weighted by Crippen LogP contribution is 2.32. The van der Waals surface area contributed by atoms with Gasteiger partial charge in [-0.3, -0.25) is 14.7 Å². The molecule has 0 aromatic carbocycles. The first-order chi connectivity index (χ1) is 11.7. The Kier molecular flexibility index (Phi) is 4.02. The number of pyridine rings is 2. The van der Waals surface area contributed by atoms with Gasteiger partial charge in [-0.15, -0.1) is 0 Å². The summed E-state index contributed by atoms with van der Waals surface area (Å²) >= 11 is 0. The fraction of sp³-hybridized carbons (Fsp3) is 0.421. The zero-order chi connectivity index (χ0) is 16.5. The molecule has 0 radical (unpaired) electrons. The van der Waals surface area contributed by atoms with E-state index in [9.17, 15) is 4.79 Å². The van der Waals surface area contributed by atoms with Crippen LogP contribution in [0.3, 0.4) is 0 Å². The van der Waals surface area contributed by atoms with E-state index >= 15 is 0 Å². The average Bonchev–Trinajstić information content (AvgIpc) is 3.13. The fourth-order valence-corrected chi connectivity index (χ4v) is 3.96. The lowest BCUT2D eigenvalue weighted by atomic mass is 10.0. The van der Waals surface area contributed by atoms with Crippen LogP contribution < -0.4 is 0 Å². The molecule has 1 amide bonds. The summed E-state index contributed by atoms with van der Waals surface area (Å²) in [6.45, 7) is 6.69. The first-order valence-corrected chi connectivity index (χ1v) is 8.53. The number of amides is 1. The number of hydrogen-bond acceptors (Lipinski definition) is 4. The van der Waals surface area contributed by atoms with Gasteiger partial charge in [-0.1, -0.05) is 12.1 Å². The van der Waals surface area contributed by atoms with Crippen LogP contribution in [-0.2, 0) is 6.54 Å². The second kappa shape index (κ2) is 6.32. The molecule has 0 bridgehead atoms. The van der Waals surface area contributed by atoms with Crippen molar-refractivity contribution in [2.24, 2.45) is 11.8 Å². The van der Waals surface area contributed by atoms with Crippen molar-refractivity contribution in [1.29, 1.82) is 0 Å². The molecule has 24 heavy (non-hydrogen) atoms. The summed E-state index contributed by atoms with van der Waals surface area (Å²) in [5.41, 5.74) is 2.72. The first kappa shape index (κ1) is 15.3. The first-order valence-electron chi connectivity index (χ1n) is 8.53. The van der Waals surface area contributed by atoms with E-state index < -0.39 is 0 Å². The lowest BCUT2D eigenvalue weighted by Crippen LogP contribution is -2.33. The average molecular weight is 322 g/mol. The van der Waals surface area contributed by atoms with Crippen LogP contribution in [-0.4, -0.2) is 51.9 Å². The van der Waals surface area contributed by atoms with Gasteiger partial charge in [0.2, 0.25) is 0 Å². The fourth-order valence-electron chi connectivity index (χ4n) is 3.96. The molecule has 2 atom stereocenters. The van der Waals surface area contributed by atoms with Gasteiger partial charge in [-0.05, 0) is 42.5 Å². The predicted molar refractivity (Wildman–Crippen MR) is 91.4 cm³/mol. The van der Waals surface area contributed by atoms with Gasteiger partial charge in [0.1, 0.15) is 5.69 Å². The van der Waals surface area contributed by atoms with Crippen LogP contribution in [0.25, 0.3) is 0 Å². The standard InChI is InChI=1S/C19H22N4O/c1-14-4-2-6-18(21-14)19(24)23-12-16-10-22(11-17(16)13-23)9-15-5-3-7-20-8-15/h2-8,16-17H,9-13H2,1H3/t16-,17+. The topological polar surface area (TPSA) is 49.3 Å². The van der Waals surface area contributed by atoms with E-state index in [4.69, 9.17) is 0 Å². The molecule has 5 nitrogen and oxygen atoms in total. The monoisotopic (exact) mass is 322 g/mol. The maximum atomic E-state index is 12.6. The number of carbonyl (C=O) groups is 1. The van der Waals surface area contributed by atoms with Crippen molar-refractivity contribution >= 4 is 5.91 Å². The number of carbonyl (C=O) groups excluding carboxylic acids is 1. The van der Waals surface area contributed by atoms with Crippen molar-refractivity contribution in [2.75, 3.05) is 26.2 Å². The van der Waals surface area contributed by atoms with E-state index in [0.717, 1.165) is 38.4 Å². The van der Waals surface area contributed by atoms with Crippen molar-refractivity contribution in [1.82, 2.24) is 19.8 Å². The van der Waals surface area contributed by atoms with E-state index in [1.807, 2.05) is 48.5 Å². The highest BCUT2D eigenvalue weighted by atomic mass is 16.2. The Morgan fingerprint density at radius 3 is 2.58 bits per heavy atom. The van der Waals surface area contributed by atoms with E-state index in [1.54, 1.807) is 0 Å². The summed E-state index contributed by atoms with van der Waals surface area (Å²) in [4.78, 5) is 25.7. The Labute approximate surface area is 142 Å². The van der Waals surface area contributed by atoms with Gasteiger partial charge in [0.05, 0.1) is 0 Å². The van der Waals surface area contributed by atoms with Gasteiger partial charge in [0, 0.05) is 50.8 Å². The van der Waals surface area contributed by atoms with Gasteiger partial charge in [0.25, 0.3) is 5.91 Å². The van der Waals surface area contributed by atoms with Gasteiger partial charge >= 0.3 is 0 Å². The maximum Gasteiger partial charge on any atom is 0.272 e. The molecule has 2 saturated heterocycles. The third kappa shape index (κ3) is 3.04. The van der Waals surface area contributed by atoms with E-state index in [1.165, 1.54) is 5.56 Å². The molecule has 5 heteroatoms. The zero-order valence-corrected chi connectivity index (χ0v) is 13.9. The van der Waals surface area contributed by atoms with Gasteiger partial charge < -0.3 is 4.90 Å². The van der Waals surface area contributed by atoms with Crippen LogP contribution in [0.2, 0.25) is 0 Å². The number of hydrogen-bond donors (Lipinski definition) is 0. The molecule has 0 aliphatic carbocycles. The molecule has 4 heterocycles. The second-order valence-corrected chi connectivity index (χ2v) is 6.95. The van der Waals surface area contributed by atoms with E-state index in [2.05, 4.69) is 20.9 Å². The minimum Gasteiger partial charge on any atom is -0.337 e. The zero-order valence-electron chi connectivity index (χ0n) is 13.9. The summed E-state index contributed by atoms with van der Waals surface area (Å²) in [5.74, 6) is 1.23. The van der Waals surface area contributed by atoms with Gasteiger partial charge in [-0.25, -0.2) is 4.98 Å². The summed E-state index contributed by atoms with van der Waals surface area (Å²) in [6.07, 6.45) is 3.75. The smallest absolute Gasteiger partial charge is 0.272 e. The lowest BCUT2D eigenvalue weighted by Gasteiger charge is -2.21. The van der Waals surface area contributed by atoms with E-state index in [0.29, 0.717) is 17.5 Å². The Hall–Kier alpha value is -2.27. The molecule has 2 fully saturated rings. The number of nitrogens with zero attached hydrogens (tertiary/aromatic N) is 4. The van der Waals surface area contributed by atoms with Crippen molar-refractivity contribution < 1.29 is 4.79 Å². The summed E-state index contributed by atoms with van der Waals surface area (Å²) in [6, 6.07) is 9.76. The van der Waals surface area contributed by atoms with Crippen LogP contribution in [0.4, 0.5) is 0 Å². The van der Waals surface area contributed by atoms with Crippen molar-refractivity contribution in [3.8, 4) is 0 Å². The van der Waals surface area contributed by atoms with Gasteiger partial charge in [-0.2, -0.15) is 0 Å². The van der Waals surface area contributed by atoms with Crippen LogP contribution in [0.15, 0.2) is 42.7 Å². The molecule has 2 aliphatic heterocycles. The Balaban J connectivity index is 1.37. The molecular weight excluding hydrogens is 300 g/mol. The Bertz CT molecular complexity index is 719. The van der Waals surface area contributed by atoms with Crippen molar-refractivity contribution in [3.63, 3.8) is 0 Å². The number of rotatable bonds is 3. The Morgan fingerprint density at radius 2 is 1.92 bits per heavy atom. The molecule has 0 spiro atoms. The molecular formula is C19H22N4O. The molecule has 0 saturated carbocycles. The minimum atomic E-state index is 0.0758. The molecule has 2 aliphatic rings. The summed E-state index contributed by atoms with van der Waals surface area (Å²) < 4.78 is 0. The number of aryl methyl sites for hydroxylation is 1. The van der Waals surface area contributed by atoms with Crippen LogP contribution >= 0.6 is 0 Å². The normalized spacial score (nSPS) is 23.5. The summed E-state index contributed by atoms with van der Waals surface area (Å²) in [5, 5.41) is 0. The molecule has 124 valence electrons. The molecule has 2 aromatic heterocycles. The third-order valence-corrected chi connectivity index (χ3v) is 5.09. The van der Waals surface area contributed by atoms with Crippen LogP contribution in [0.1, 0.15) is 21.7 Å². The quantitative estimate of drug-likeness (QED) is 0.867. The predicted octanol–water partition coefficient (Wildman–Crippen LogP) is 1.99. The second-order valence-electron chi connectivity index (χ2n) is 6.95. The largest absolute Gasteiger partial charge is 0.337 e. The number of aromatic nitrogens is 2. The maximum absolute atomic E-state index is 12.6. The molecule has 4 rings (SSSR count). The van der Waals surface area contributed by atoms with Crippen molar-refractivity contribution in [3.05, 3.63) is 59.7 Å². The highest BCUT2D eigenvalue weighted by molar-refractivity contribution is 5.92. The van der Waals surface area contributed by atoms with Gasteiger partial charge in [0.15, 0.2) is 0 Å². The third-order valence-electron chi connectivity index (χ3n) is 5.09. The van der Waals surface area contributed by atoms with Crippen LogP contribution in [0, 0.1) is 18.8 Å². The number of likely N-dealkylation sites (tertiary alicyclic amines) is 2.